The Labute approximate surface area is 88.6 Å². The van der Waals surface area contributed by atoms with Gasteiger partial charge in [-0.1, -0.05) is 6.07 Å². The minimum atomic E-state index is -0.0478. The molecule has 0 bridgehead atoms. The van der Waals surface area contributed by atoms with Crippen molar-refractivity contribution in [2.75, 3.05) is 0 Å². The fourth-order valence-corrected chi connectivity index (χ4v) is 1.92. The average molecular weight is 205 g/mol. The minimum absolute atomic E-state index is 0.0478. The van der Waals surface area contributed by atoms with Gasteiger partial charge in [-0.15, -0.1) is 0 Å². The van der Waals surface area contributed by atoms with Crippen LogP contribution in [-0.2, 0) is 6.61 Å². The first-order chi connectivity index (χ1) is 7.15. The predicted octanol–water partition coefficient (Wildman–Crippen LogP) is 2.42. The number of phenols is 1. The van der Waals surface area contributed by atoms with Crippen LogP contribution in [0, 0.1) is 0 Å². The third kappa shape index (κ3) is 1.49. The van der Waals surface area contributed by atoms with Gasteiger partial charge < -0.3 is 14.8 Å². The average Bonchev–Trinajstić information content (AvgIpc) is 2.58. The van der Waals surface area contributed by atoms with E-state index in [0.29, 0.717) is 6.04 Å². The number of phenolic OH excluding ortho intramolecular Hbond substituents is 1. The normalized spacial score (nSPS) is 11.5. The van der Waals surface area contributed by atoms with Crippen molar-refractivity contribution in [3.8, 4) is 5.75 Å². The zero-order chi connectivity index (χ0) is 11.0. The molecule has 0 saturated heterocycles. The van der Waals surface area contributed by atoms with Gasteiger partial charge in [0.1, 0.15) is 5.75 Å². The van der Waals surface area contributed by atoms with E-state index in [1.807, 2.05) is 18.3 Å². The molecule has 0 spiro atoms. The highest BCUT2D eigenvalue weighted by Crippen LogP contribution is 2.31. The molecule has 2 aromatic rings. The van der Waals surface area contributed by atoms with Gasteiger partial charge in [0.25, 0.3) is 0 Å². The van der Waals surface area contributed by atoms with E-state index >= 15 is 0 Å². The minimum Gasteiger partial charge on any atom is -0.507 e. The van der Waals surface area contributed by atoms with E-state index in [-0.39, 0.29) is 12.4 Å². The van der Waals surface area contributed by atoms with Gasteiger partial charge in [-0.3, -0.25) is 0 Å². The molecule has 15 heavy (non-hydrogen) atoms. The molecule has 0 amide bonds. The van der Waals surface area contributed by atoms with Crippen LogP contribution < -0.4 is 0 Å². The third-order valence-electron chi connectivity index (χ3n) is 2.64. The summed E-state index contributed by atoms with van der Waals surface area (Å²) in [4.78, 5) is 0. The Bertz CT molecular complexity index is 486. The lowest BCUT2D eigenvalue weighted by atomic mass is 10.1. The van der Waals surface area contributed by atoms with E-state index in [4.69, 9.17) is 0 Å². The smallest absolute Gasteiger partial charge is 0.125 e. The van der Waals surface area contributed by atoms with Gasteiger partial charge in [0, 0.05) is 23.2 Å². The molecule has 3 heteroatoms. The number of aliphatic hydroxyl groups excluding tert-OH is 1. The molecule has 2 N–H and O–H groups in total. The number of benzene rings is 1. The van der Waals surface area contributed by atoms with Crippen LogP contribution in [0.3, 0.4) is 0 Å². The summed E-state index contributed by atoms with van der Waals surface area (Å²) in [5.41, 5.74) is 1.74. The molecule has 0 atom stereocenters. The maximum atomic E-state index is 9.75. The Morgan fingerprint density at radius 1 is 1.33 bits per heavy atom. The van der Waals surface area contributed by atoms with Gasteiger partial charge in [0.2, 0.25) is 0 Å². The molecule has 1 aromatic heterocycles. The SMILES string of the molecule is CC(C)n1cc(CO)c2c(O)cccc21. The van der Waals surface area contributed by atoms with Gasteiger partial charge in [-0.05, 0) is 26.0 Å². The Morgan fingerprint density at radius 3 is 2.67 bits per heavy atom. The number of hydrogen-bond donors (Lipinski definition) is 2. The predicted molar refractivity (Wildman–Crippen MR) is 59.9 cm³/mol. The topological polar surface area (TPSA) is 45.4 Å². The van der Waals surface area contributed by atoms with E-state index in [1.165, 1.54) is 0 Å². The molecule has 1 aromatic carbocycles. The molecule has 0 unspecified atom stereocenters. The van der Waals surface area contributed by atoms with Crippen molar-refractivity contribution >= 4 is 10.9 Å². The van der Waals surface area contributed by atoms with Crippen LogP contribution in [0.2, 0.25) is 0 Å². The summed E-state index contributed by atoms with van der Waals surface area (Å²) in [5.74, 6) is 0.232. The molecule has 3 nitrogen and oxygen atoms in total. The summed E-state index contributed by atoms with van der Waals surface area (Å²) in [6.45, 7) is 4.10. The maximum Gasteiger partial charge on any atom is 0.125 e. The molecule has 0 saturated carbocycles. The van der Waals surface area contributed by atoms with E-state index in [1.54, 1.807) is 6.07 Å². The molecule has 0 aliphatic rings. The lowest BCUT2D eigenvalue weighted by Crippen LogP contribution is -1.97. The summed E-state index contributed by atoms with van der Waals surface area (Å²) in [6.07, 6.45) is 1.90. The van der Waals surface area contributed by atoms with E-state index in [0.717, 1.165) is 16.5 Å². The molecule has 0 aliphatic heterocycles. The summed E-state index contributed by atoms with van der Waals surface area (Å²) in [6, 6.07) is 5.73. The van der Waals surface area contributed by atoms with Crippen LogP contribution in [-0.4, -0.2) is 14.8 Å². The number of aliphatic hydroxyl groups is 1. The molecular formula is C12H15NO2. The first-order valence-electron chi connectivity index (χ1n) is 5.07. The van der Waals surface area contributed by atoms with Crippen molar-refractivity contribution in [3.63, 3.8) is 0 Å². The zero-order valence-corrected chi connectivity index (χ0v) is 8.94. The second kappa shape index (κ2) is 3.59. The Morgan fingerprint density at radius 2 is 2.07 bits per heavy atom. The molecule has 0 fully saturated rings. The standard InChI is InChI=1S/C12H15NO2/c1-8(2)13-6-9(7-14)12-10(13)4-3-5-11(12)15/h3-6,8,14-15H,7H2,1-2H3. The quantitative estimate of drug-likeness (QED) is 0.790. The second-order valence-corrected chi connectivity index (χ2v) is 3.98. The highest BCUT2D eigenvalue weighted by Gasteiger charge is 2.12. The summed E-state index contributed by atoms with van der Waals surface area (Å²) >= 11 is 0. The molecule has 1 heterocycles. The van der Waals surface area contributed by atoms with Gasteiger partial charge in [-0.25, -0.2) is 0 Å². The van der Waals surface area contributed by atoms with E-state index in [9.17, 15) is 10.2 Å². The lowest BCUT2D eigenvalue weighted by Gasteiger charge is -2.08. The van der Waals surface area contributed by atoms with Crippen LogP contribution in [0.5, 0.6) is 5.75 Å². The van der Waals surface area contributed by atoms with Gasteiger partial charge in [0.15, 0.2) is 0 Å². The number of hydrogen-bond acceptors (Lipinski definition) is 2. The van der Waals surface area contributed by atoms with Crippen molar-refractivity contribution in [1.82, 2.24) is 4.57 Å². The van der Waals surface area contributed by atoms with Crippen LogP contribution in [0.4, 0.5) is 0 Å². The van der Waals surface area contributed by atoms with Crippen LogP contribution in [0.25, 0.3) is 10.9 Å². The molecule has 0 radical (unpaired) electrons. The fraction of sp³-hybridized carbons (Fsp3) is 0.333. The van der Waals surface area contributed by atoms with Crippen LogP contribution in [0.15, 0.2) is 24.4 Å². The Kier molecular flexibility index (Phi) is 2.40. The summed E-state index contributed by atoms with van der Waals surface area (Å²) < 4.78 is 2.06. The molecule has 80 valence electrons. The zero-order valence-electron chi connectivity index (χ0n) is 8.94. The molecule has 2 rings (SSSR count). The number of aromatic hydroxyl groups is 1. The maximum absolute atomic E-state index is 9.75. The number of aromatic nitrogens is 1. The Balaban J connectivity index is 2.81. The summed E-state index contributed by atoms with van der Waals surface area (Å²) in [5, 5.41) is 19.7. The van der Waals surface area contributed by atoms with Crippen molar-refractivity contribution in [2.45, 2.75) is 26.5 Å². The van der Waals surface area contributed by atoms with Crippen LogP contribution in [0.1, 0.15) is 25.5 Å². The van der Waals surface area contributed by atoms with E-state index in [2.05, 4.69) is 18.4 Å². The molecule has 0 aliphatic carbocycles. The number of fused-ring (bicyclic) bond motifs is 1. The first-order valence-corrected chi connectivity index (χ1v) is 5.07. The van der Waals surface area contributed by atoms with Crippen molar-refractivity contribution in [1.29, 1.82) is 0 Å². The van der Waals surface area contributed by atoms with Crippen molar-refractivity contribution in [3.05, 3.63) is 30.0 Å². The van der Waals surface area contributed by atoms with Crippen LogP contribution >= 0.6 is 0 Å². The number of nitrogens with zero attached hydrogens (tertiary/aromatic N) is 1. The second-order valence-electron chi connectivity index (χ2n) is 3.98. The molecular weight excluding hydrogens is 190 g/mol. The van der Waals surface area contributed by atoms with Crippen molar-refractivity contribution in [2.24, 2.45) is 0 Å². The first kappa shape index (κ1) is 10.1. The highest BCUT2D eigenvalue weighted by molar-refractivity contribution is 5.89. The van der Waals surface area contributed by atoms with Gasteiger partial charge in [0.05, 0.1) is 12.1 Å². The van der Waals surface area contributed by atoms with Gasteiger partial charge in [-0.2, -0.15) is 0 Å². The largest absolute Gasteiger partial charge is 0.507 e. The van der Waals surface area contributed by atoms with Crippen molar-refractivity contribution < 1.29 is 10.2 Å². The monoisotopic (exact) mass is 205 g/mol. The van der Waals surface area contributed by atoms with Gasteiger partial charge >= 0.3 is 0 Å². The lowest BCUT2D eigenvalue weighted by molar-refractivity contribution is 0.282. The van der Waals surface area contributed by atoms with E-state index < -0.39 is 0 Å². The third-order valence-corrected chi connectivity index (χ3v) is 2.64. The fourth-order valence-electron chi connectivity index (χ4n) is 1.92. The highest BCUT2D eigenvalue weighted by atomic mass is 16.3. The number of rotatable bonds is 2. The summed E-state index contributed by atoms with van der Waals surface area (Å²) in [7, 11) is 0. The Hall–Kier alpha value is -1.48.